The van der Waals surface area contributed by atoms with Gasteiger partial charge in [-0.25, -0.2) is 0 Å². The Bertz CT molecular complexity index is 506. The molecule has 0 aliphatic heterocycles. The Hall–Kier alpha value is -1.54. The minimum atomic E-state index is -0.202. The molecule has 1 aromatic rings. The van der Waals surface area contributed by atoms with Gasteiger partial charge in [0.15, 0.2) is 0 Å². The van der Waals surface area contributed by atoms with Crippen LogP contribution in [0.2, 0.25) is 0 Å². The van der Waals surface area contributed by atoms with Crippen LogP contribution in [0.1, 0.15) is 29.6 Å². The van der Waals surface area contributed by atoms with E-state index in [4.69, 9.17) is 5.26 Å². The van der Waals surface area contributed by atoms with Crippen molar-refractivity contribution >= 4 is 21.8 Å². The first kappa shape index (κ1) is 12.9. The molecular weight excluding hydrogens is 296 g/mol. The van der Waals surface area contributed by atoms with Crippen molar-refractivity contribution in [2.24, 2.45) is 0 Å². The van der Waals surface area contributed by atoms with E-state index in [1.807, 2.05) is 6.07 Å². The number of amides is 1. The smallest absolute Gasteiger partial charge is 0.257 e. The van der Waals surface area contributed by atoms with Crippen molar-refractivity contribution in [3.05, 3.63) is 28.2 Å². The molecule has 0 unspecified atom stereocenters. The van der Waals surface area contributed by atoms with E-state index in [1.54, 1.807) is 17.0 Å². The van der Waals surface area contributed by atoms with Crippen molar-refractivity contribution in [1.82, 2.24) is 4.90 Å². The van der Waals surface area contributed by atoms with E-state index in [0.29, 0.717) is 13.0 Å². The number of phenols is 1. The monoisotopic (exact) mass is 308 g/mol. The van der Waals surface area contributed by atoms with Gasteiger partial charge in [0.1, 0.15) is 5.75 Å². The zero-order chi connectivity index (χ0) is 13.1. The first-order valence-corrected chi connectivity index (χ1v) is 6.59. The Kier molecular flexibility index (Phi) is 3.87. The number of rotatable bonds is 4. The normalized spacial score (nSPS) is 14.0. The Morgan fingerprint density at radius 2 is 2.28 bits per heavy atom. The number of aromatic hydroxyl groups is 1. The molecule has 1 saturated carbocycles. The van der Waals surface area contributed by atoms with Crippen LogP contribution in [0, 0.1) is 11.3 Å². The van der Waals surface area contributed by atoms with Gasteiger partial charge in [0.25, 0.3) is 5.91 Å². The minimum Gasteiger partial charge on any atom is -0.507 e. The van der Waals surface area contributed by atoms with Gasteiger partial charge in [-0.1, -0.05) is 15.9 Å². The Morgan fingerprint density at radius 1 is 1.56 bits per heavy atom. The summed E-state index contributed by atoms with van der Waals surface area (Å²) in [7, 11) is 0. The summed E-state index contributed by atoms with van der Waals surface area (Å²) in [4.78, 5) is 14.0. The lowest BCUT2D eigenvalue weighted by Gasteiger charge is -2.21. The highest BCUT2D eigenvalue weighted by molar-refractivity contribution is 9.10. The van der Waals surface area contributed by atoms with Crippen LogP contribution < -0.4 is 0 Å². The molecule has 0 heterocycles. The third kappa shape index (κ3) is 2.82. The van der Waals surface area contributed by atoms with E-state index in [2.05, 4.69) is 15.9 Å². The molecule has 0 bridgehead atoms. The number of hydrogen-bond donors (Lipinski definition) is 1. The number of hydrogen-bond acceptors (Lipinski definition) is 3. The summed E-state index contributed by atoms with van der Waals surface area (Å²) >= 11 is 3.28. The van der Waals surface area contributed by atoms with E-state index in [0.717, 1.165) is 17.3 Å². The molecule has 2 rings (SSSR count). The second-order valence-electron chi connectivity index (χ2n) is 4.30. The fourth-order valence-corrected chi connectivity index (χ4v) is 2.20. The fourth-order valence-electron chi connectivity index (χ4n) is 1.84. The van der Waals surface area contributed by atoms with Crippen LogP contribution >= 0.6 is 15.9 Å². The number of phenolic OH excluding ortho intramolecular Hbond substituents is 1. The number of carbonyl (C=O) groups is 1. The van der Waals surface area contributed by atoms with Gasteiger partial charge in [0.05, 0.1) is 18.1 Å². The van der Waals surface area contributed by atoms with Crippen LogP contribution in [0.25, 0.3) is 0 Å². The number of nitrogens with zero attached hydrogens (tertiary/aromatic N) is 2. The summed E-state index contributed by atoms with van der Waals surface area (Å²) in [6.07, 6.45) is 2.27. The molecule has 1 aromatic carbocycles. The summed E-state index contributed by atoms with van der Waals surface area (Å²) in [5, 5.41) is 18.4. The number of carbonyl (C=O) groups excluding carboxylic acids is 1. The van der Waals surface area contributed by atoms with Crippen LogP contribution in [-0.2, 0) is 0 Å². The summed E-state index contributed by atoms with van der Waals surface area (Å²) in [6, 6.07) is 7.06. The second kappa shape index (κ2) is 5.40. The quantitative estimate of drug-likeness (QED) is 0.930. The van der Waals surface area contributed by atoms with Gasteiger partial charge in [0.2, 0.25) is 0 Å². The van der Waals surface area contributed by atoms with Crippen molar-refractivity contribution < 1.29 is 9.90 Å². The highest BCUT2D eigenvalue weighted by Crippen LogP contribution is 2.31. The zero-order valence-corrected chi connectivity index (χ0v) is 11.4. The molecule has 1 fully saturated rings. The van der Waals surface area contributed by atoms with E-state index in [9.17, 15) is 9.90 Å². The molecule has 18 heavy (non-hydrogen) atoms. The third-order valence-electron chi connectivity index (χ3n) is 2.90. The molecule has 0 spiro atoms. The lowest BCUT2D eigenvalue weighted by atomic mass is 10.1. The summed E-state index contributed by atoms with van der Waals surface area (Å²) < 4.78 is 0.750. The maximum atomic E-state index is 12.3. The predicted octanol–water partition coefficient (Wildman–Crippen LogP) is 2.67. The molecule has 0 atom stereocenters. The number of halogens is 1. The molecular formula is C13H13BrN2O2. The van der Waals surface area contributed by atoms with Crippen LogP contribution in [0.3, 0.4) is 0 Å². The first-order chi connectivity index (χ1) is 8.63. The molecule has 94 valence electrons. The van der Waals surface area contributed by atoms with Crippen molar-refractivity contribution in [3.8, 4) is 11.8 Å². The molecule has 1 amide bonds. The van der Waals surface area contributed by atoms with Crippen LogP contribution in [0.5, 0.6) is 5.75 Å². The zero-order valence-electron chi connectivity index (χ0n) is 9.77. The topological polar surface area (TPSA) is 64.3 Å². The minimum absolute atomic E-state index is 0.0224. The van der Waals surface area contributed by atoms with Gasteiger partial charge in [-0.3, -0.25) is 4.79 Å². The Morgan fingerprint density at radius 3 is 2.89 bits per heavy atom. The van der Waals surface area contributed by atoms with E-state index >= 15 is 0 Å². The summed E-state index contributed by atoms with van der Waals surface area (Å²) in [5.74, 6) is -0.225. The molecule has 1 aliphatic rings. The molecule has 0 radical (unpaired) electrons. The average Bonchev–Trinajstić information content (AvgIpc) is 3.17. The standard InChI is InChI=1S/C13H13BrN2O2/c14-9-2-5-12(17)11(8-9)13(18)16(7-1-6-15)10-3-4-10/h2,5,8,10,17H,1,3-4,7H2. The lowest BCUT2D eigenvalue weighted by Crippen LogP contribution is -2.34. The predicted molar refractivity (Wildman–Crippen MR) is 70.1 cm³/mol. The van der Waals surface area contributed by atoms with E-state index < -0.39 is 0 Å². The van der Waals surface area contributed by atoms with Crippen LogP contribution in [0.4, 0.5) is 0 Å². The largest absolute Gasteiger partial charge is 0.507 e. The molecule has 4 nitrogen and oxygen atoms in total. The number of benzene rings is 1. The van der Waals surface area contributed by atoms with Crippen LogP contribution in [-0.4, -0.2) is 28.5 Å². The van der Waals surface area contributed by atoms with Crippen molar-refractivity contribution in [2.45, 2.75) is 25.3 Å². The Balaban J connectivity index is 2.22. The van der Waals surface area contributed by atoms with Gasteiger partial charge in [-0.05, 0) is 31.0 Å². The maximum Gasteiger partial charge on any atom is 0.257 e. The van der Waals surface area contributed by atoms with Crippen LogP contribution in [0.15, 0.2) is 22.7 Å². The lowest BCUT2D eigenvalue weighted by molar-refractivity contribution is 0.0743. The highest BCUT2D eigenvalue weighted by Gasteiger charge is 2.33. The van der Waals surface area contributed by atoms with Gasteiger partial charge < -0.3 is 10.0 Å². The summed E-state index contributed by atoms with van der Waals surface area (Å²) in [6.45, 7) is 0.423. The maximum absolute atomic E-state index is 12.3. The number of nitriles is 1. The van der Waals surface area contributed by atoms with Gasteiger partial charge >= 0.3 is 0 Å². The fraction of sp³-hybridized carbons (Fsp3) is 0.385. The SMILES string of the molecule is N#CCCN(C(=O)c1cc(Br)ccc1O)C1CC1. The first-order valence-electron chi connectivity index (χ1n) is 5.80. The molecule has 1 aliphatic carbocycles. The van der Waals surface area contributed by atoms with Gasteiger partial charge in [0, 0.05) is 17.1 Å². The van der Waals surface area contributed by atoms with Crippen molar-refractivity contribution in [1.29, 1.82) is 5.26 Å². The molecule has 0 aromatic heterocycles. The average molecular weight is 309 g/mol. The van der Waals surface area contributed by atoms with Gasteiger partial charge in [-0.15, -0.1) is 0 Å². The highest BCUT2D eigenvalue weighted by atomic mass is 79.9. The summed E-state index contributed by atoms with van der Waals surface area (Å²) in [5.41, 5.74) is 0.286. The second-order valence-corrected chi connectivity index (χ2v) is 5.21. The molecule has 1 N–H and O–H groups in total. The van der Waals surface area contributed by atoms with E-state index in [-0.39, 0.29) is 23.3 Å². The molecule has 0 saturated heterocycles. The third-order valence-corrected chi connectivity index (χ3v) is 3.40. The van der Waals surface area contributed by atoms with Crippen molar-refractivity contribution in [2.75, 3.05) is 6.54 Å². The van der Waals surface area contributed by atoms with E-state index in [1.165, 1.54) is 6.07 Å². The Labute approximate surface area is 114 Å². The van der Waals surface area contributed by atoms with Crippen molar-refractivity contribution in [3.63, 3.8) is 0 Å². The molecule has 5 heteroatoms. The van der Waals surface area contributed by atoms with Gasteiger partial charge in [-0.2, -0.15) is 5.26 Å².